The molecular weight excluding hydrogens is 360 g/mol. The van der Waals surface area contributed by atoms with Crippen molar-refractivity contribution in [2.45, 2.75) is 27.4 Å². The number of benzene rings is 2. The molecule has 1 aromatic heterocycles. The Labute approximate surface area is 162 Å². The first kappa shape index (κ1) is 19.5. The number of hydrogen-bond acceptors (Lipinski definition) is 6. The Morgan fingerprint density at radius 2 is 1.79 bits per heavy atom. The summed E-state index contributed by atoms with van der Waals surface area (Å²) in [6.45, 7) is 6.23. The van der Waals surface area contributed by atoms with Gasteiger partial charge in [-0.2, -0.15) is 0 Å². The second kappa shape index (κ2) is 8.17. The van der Waals surface area contributed by atoms with Gasteiger partial charge >= 0.3 is 11.6 Å². The molecule has 0 fully saturated rings. The van der Waals surface area contributed by atoms with Gasteiger partial charge in [-0.3, -0.25) is 0 Å². The van der Waals surface area contributed by atoms with Crippen LogP contribution in [-0.2, 0) is 11.3 Å². The average molecular weight is 382 g/mol. The number of aryl methyl sites for hydroxylation is 2. The van der Waals surface area contributed by atoms with Crippen molar-refractivity contribution < 1.29 is 23.4 Å². The largest absolute Gasteiger partial charge is 0.493 e. The molecule has 0 aliphatic carbocycles. The van der Waals surface area contributed by atoms with E-state index in [1.54, 1.807) is 18.2 Å². The predicted molar refractivity (Wildman–Crippen MR) is 105 cm³/mol. The molecule has 28 heavy (non-hydrogen) atoms. The van der Waals surface area contributed by atoms with Gasteiger partial charge in [-0.25, -0.2) is 9.59 Å². The molecule has 0 bridgehead atoms. The van der Waals surface area contributed by atoms with Gasteiger partial charge in [-0.15, -0.1) is 0 Å². The molecule has 3 rings (SSSR count). The Kier molecular flexibility index (Phi) is 5.68. The number of rotatable bonds is 6. The number of carbonyl (C=O) groups is 1. The summed E-state index contributed by atoms with van der Waals surface area (Å²) in [5.41, 5.74) is 3.01. The Morgan fingerprint density at radius 3 is 2.50 bits per heavy atom. The minimum absolute atomic E-state index is 0.0427. The maximum Gasteiger partial charge on any atom is 0.338 e. The maximum atomic E-state index is 12.5. The van der Waals surface area contributed by atoms with Gasteiger partial charge in [0.15, 0.2) is 11.5 Å². The van der Waals surface area contributed by atoms with E-state index in [1.165, 1.54) is 13.2 Å². The second-order valence-corrected chi connectivity index (χ2v) is 6.40. The van der Waals surface area contributed by atoms with Crippen molar-refractivity contribution in [1.82, 2.24) is 0 Å². The molecule has 0 aliphatic rings. The van der Waals surface area contributed by atoms with Crippen molar-refractivity contribution in [2.75, 3.05) is 13.7 Å². The summed E-state index contributed by atoms with van der Waals surface area (Å²) in [5.74, 6) is 0.485. The lowest BCUT2D eigenvalue weighted by Gasteiger charge is -2.12. The molecule has 3 aromatic rings. The molecule has 2 aromatic carbocycles. The molecule has 146 valence electrons. The zero-order chi connectivity index (χ0) is 20.3. The van der Waals surface area contributed by atoms with E-state index in [0.717, 1.165) is 16.5 Å². The maximum absolute atomic E-state index is 12.5. The van der Waals surface area contributed by atoms with Crippen LogP contribution in [0.25, 0.3) is 11.0 Å². The zero-order valence-electron chi connectivity index (χ0n) is 16.3. The molecule has 0 N–H and O–H groups in total. The molecule has 0 saturated heterocycles. The lowest BCUT2D eigenvalue weighted by Crippen LogP contribution is -2.08. The Balaban J connectivity index is 1.85. The number of carbonyl (C=O) groups excluding carboxylic acids is 1. The number of hydrogen-bond donors (Lipinski definition) is 0. The molecule has 1 heterocycles. The van der Waals surface area contributed by atoms with Gasteiger partial charge in [-0.1, -0.05) is 0 Å². The Hall–Kier alpha value is -3.28. The quantitative estimate of drug-likeness (QED) is 0.470. The fraction of sp³-hybridized carbons (Fsp3) is 0.273. The summed E-state index contributed by atoms with van der Waals surface area (Å²) >= 11 is 0. The van der Waals surface area contributed by atoms with Crippen molar-refractivity contribution in [2.24, 2.45) is 0 Å². The highest BCUT2D eigenvalue weighted by atomic mass is 16.5. The van der Waals surface area contributed by atoms with Gasteiger partial charge in [-0.05, 0) is 62.2 Å². The first-order chi connectivity index (χ1) is 13.4. The SMILES string of the molecule is CCOc1ccc(C(=O)OCc2cc(=O)oc3cc(C)c(C)cc23)cc1OC. The normalized spacial score (nSPS) is 10.7. The van der Waals surface area contributed by atoms with E-state index in [9.17, 15) is 9.59 Å². The summed E-state index contributed by atoms with van der Waals surface area (Å²) in [6, 6.07) is 9.94. The smallest absolute Gasteiger partial charge is 0.338 e. The number of fused-ring (bicyclic) bond motifs is 1. The van der Waals surface area contributed by atoms with Crippen LogP contribution in [-0.4, -0.2) is 19.7 Å². The van der Waals surface area contributed by atoms with Crippen LogP contribution in [0.1, 0.15) is 34.0 Å². The van der Waals surface area contributed by atoms with Crippen LogP contribution in [0.15, 0.2) is 45.6 Å². The second-order valence-electron chi connectivity index (χ2n) is 6.40. The third-order valence-electron chi connectivity index (χ3n) is 4.50. The molecule has 0 atom stereocenters. The topological polar surface area (TPSA) is 75.0 Å². The highest BCUT2D eigenvalue weighted by molar-refractivity contribution is 5.90. The summed E-state index contributed by atoms with van der Waals surface area (Å²) in [4.78, 5) is 24.3. The van der Waals surface area contributed by atoms with Crippen LogP contribution < -0.4 is 15.1 Å². The van der Waals surface area contributed by atoms with E-state index in [4.69, 9.17) is 18.6 Å². The third-order valence-corrected chi connectivity index (χ3v) is 4.50. The van der Waals surface area contributed by atoms with Crippen molar-refractivity contribution in [3.63, 3.8) is 0 Å². The van der Waals surface area contributed by atoms with Crippen LogP contribution >= 0.6 is 0 Å². The van der Waals surface area contributed by atoms with Gasteiger partial charge in [0.1, 0.15) is 12.2 Å². The Bertz CT molecular complexity index is 1080. The van der Waals surface area contributed by atoms with Crippen LogP contribution in [0.3, 0.4) is 0 Å². The first-order valence-electron chi connectivity index (χ1n) is 8.95. The number of methoxy groups -OCH3 is 1. The average Bonchev–Trinajstić information content (AvgIpc) is 2.67. The number of esters is 1. The highest BCUT2D eigenvalue weighted by Crippen LogP contribution is 2.28. The molecule has 6 heteroatoms. The summed E-state index contributed by atoms with van der Waals surface area (Å²) in [5, 5.41) is 0.750. The summed E-state index contributed by atoms with van der Waals surface area (Å²) < 4.78 is 21.4. The van der Waals surface area contributed by atoms with Crippen molar-refractivity contribution in [3.05, 3.63) is 69.1 Å². The fourth-order valence-corrected chi connectivity index (χ4v) is 2.90. The van der Waals surface area contributed by atoms with Crippen molar-refractivity contribution in [3.8, 4) is 11.5 Å². The lowest BCUT2D eigenvalue weighted by atomic mass is 10.0. The molecule has 0 aliphatic heterocycles. The van der Waals surface area contributed by atoms with Crippen molar-refractivity contribution in [1.29, 1.82) is 0 Å². The lowest BCUT2D eigenvalue weighted by molar-refractivity contribution is 0.0473. The van der Waals surface area contributed by atoms with E-state index in [-0.39, 0.29) is 6.61 Å². The monoisotopic (exact) mass is 382 g/mol. The fourth-order valence-electron chi connectivity index (χ4n) is 2.90. The molecule has 6 nitrogen and oxygen atoms in total. The zero-order valence-corrected chi connectivity index (χ0v) is 16.3. The van der Waals surface area contributed by atoms with Crippen LogP contribution in [0.2, 0.25) is 0 Å². The molecule has 0 amide bonds. The highest BCUT2D eigenvalue weighted by Gasteiger charge is 2.14. The third kappa shape index (κ3) is 4.01. The minimum atomic E-state index is -0.522. The summed E-state index contributed by atoms with van der Waals surface area (Å²) in [7, 11) is 1.51. The Morgan fingerprint density at radius 1 is 1.04 bits per heavy atom. The molecule has 0 saturated carbocycles. The minimum Gasteiger partial charge on any atom is -0.493 e. The van der Waals surface area contributed by atoms with E-state index in [0.29, 0.717) is 34.8 Å². The standard InChI is InChI=1S/C22H22O6/c1-5-26-18-7-6-15(10-20(18)25-4)22(24)27-12-16-11-21(23)28-19-9-14(3)13(2)8-17(16)19/h6-11H,5,12H2,1-4H3. The van der Waals surface area contributed by atoms with Gasteiger partial charge in [0.05, 0.1) is 19.3 Å². The van der Waals surface area contributed by atoms with E-state index in [2.05, 4.69) is 0 Å². The number of ether oxygens (including phenoxy) is 3. The van der Waals surface area contributed by atoms with Gasteiger partial charge in [0, 0.05) is 17.0 Å². The molecule has 0 spiro atoms. The first-order valence-corrected chi connectivity index (χ1v) is 8.95. The van der Waals surface area contributed by atoms with Crippen LogP contribution in [0.4, 0.5) is 0 Å². The molecule has 0 unspecified atom stereocenters. The summed E-state index contributed by atoms with van der Waals surface area (Å²) in [6.07, 6.45) is 0. The van der Waals surface area contributed by atoms with Gasteiger partial charge in [0.2, 0.25) is 0 Å². The van der Waals surface area contributed by atoms with E-state index < -0.39 is 11.6 Å². The predicted octanol–water partition coefficient (Wildman–Crippen LogP) is 4.17. The van der Waals surface area contributed by atoms with Crippen molar-refractivity contribution >= 4 is 16.9 Å². The van der Waals surface area contributed by atoms with Gasteiger partial charge in [0.25, 0.3) is 0 Å². The van der Waals surface area contributed by atoms with E-state index in [1.807, 2.05) is 32.9 Å². The van der Waals surface area contributed by atoms with Gasteiger partial charge < -0.3 is 18.6 Å². The van der Waals surface area contributed by atoms with E-state index >= 15 is 0 Å². The molecule has 0 radical (unpaired) electrons. The molecular formula is C22H22O6. The van der Waals surface area contributed by atoms with Crippen LogP contribution in [0.5, 0.6) is 11.5 Å². The van der Waals surface area contributed by atoms with Crippen LogP contribution in [0, 0.1) is 13.8 Å².